The summed E-state index contributed by atoms with van der Waals surface area (Å²) in [6.45, 7) is 1.30. The number of halogens is 1. The molecular weight excluding hydrogens is 384 g/mol. The van der Waals surface area contributed by atoms with Gasteiger partial charge in [-0.2, -0.15) is 4.98 Å². The van der Waals surface area contributed by atoms with Gasteiger partial charge >= 0.3 is 0 Å². The SMILES string of the molecule is Clc1ccccc1C1=Cc2cnc(Nc3ccccc3)nc2N(OCC2CC2)C1. The van der Waals surface area contributed by atoms with Gasteiger partial charge < -0.3 is 5.32 Å². The number of nitrogens with one attached hydrogen (secondary N) is 1. The lowest BCUT2D eigenvalue weighted by Crippen LogP contribution is -2.30. The Kier molecular flexibility index (Phi) is 4.92. The predicted octanol–water partition coefficient (Wildman–Crippen LogP) is 5.58. The van der Waals surface area contributed by atoms with Crippen LogP contribution in [0, 0.1) is 5.92 Å². The first kappa shape index (κ1) is 18.2. The molecule has 0 spiro atoms. The van der Waals surface area contributed by atoms with Crippen molar-refractivity contribution in [2.75, 3.05) is 23.5 Å². The summed E-state index contributed by atoms with van der Waals surface area (Å²) >= 11 is 6.44. The third kappa shape index (κ3) is 4.11. The second-order valence-electron chi connectivity index (χ2n) is 7.39. The first-order valence-corrected chi connectivity index (χ1v) is 10.2. The molecule has 5 rings (SSSR count). The summed E-state index contributed by atoms with van der Waals surface area (Å²) in [5.41, 5.74) is 3.96. The molecule has 1 aliphatic heterocycles. The molecule has 2 heterocycles. The lowest BCUT2D eigenvalue weighted by molar-refractivity contribution is 0.103. The fourth-order valence-electron chi connectivity index (χ4n) is 3.33. The van der Waals surface area contributed by atoms with Crippen molar-refractivity contribution in [1.29, 1.82) is 0 Å². The molecule has 0 bridgehead atoms. The van der Waals surface area contributed by atoms with Crippen LogP contribution >= 0.6 is 11.6 Å². The van der Waals surface area contributed by atoms with E-state index in [1.54, 1.807) is 0 Å². The van der Waals surface area contributed by atoms with Gasteiger partial charge in [-0.1, -0.05) is 48.0 Å². The van der Waals surface area contributed by atoms with E-state index in [1.807, 2.05) is 65.9 Å². The summed E-state index contributed by atoms with van der Waals surface area (Å²) in [5, 5.41) is 5.87. The zero-order chi connectivity index (χ0) is 19.6. The molecular formula is C23H21ClN4O. The molecule has 0 saturated heterocycles. The smallest absolute Gasteiger partial charge is 0.229 e. The minimum atomic E-state index is 0.546. The van der Waals surface area contributed by atoms with Crippen molar-refractivity contribution in [3.8, 4) is 0 Å². The molecule has 1 fully saturated rings. The first-order valence-electron chi connectivity index (χ1n) is 9.81. The highest BCUT2D eigenvalue weighted by Crippen LogP contribution is 2.36. The van der Waals surface area contributed by atoms with Crippen LogP contribution < -0.4 is 10.4 Å². The van der Waals surface area contributed by atoms with E-state index in [2.05, 4.69) is 16.4 Å². The highest BCUT2D eigenvalue weighted by atomic mass is 35.5. The lowest BCUT2D eigenvalue weighted by Gasteiger charge is -2.29. The molecule has 1 aromatic heterocycles. The van der Waals surface area contributed by atoms with Crippen molar-refractivity contribution in [1.82, 2.24) is 9.97 Å². The number of hydrogen-bond donors (Lipinski definition) is 1. The van der Waals surface area contributed by atoms with Crippen LogP contribution in [0.3, 0.4) is 0 Å². The van der Waals surface area contributed by atoms with E-state index in [0.717, 1.165) is 33.2 Å². The predicted molar refractivity (Wildman–Crippen MR) is 117 cm³/mol. The molecule has 2 aliphatic rings. The third-order valence-electron chi connectivity index (χ3n) is 5.09. The van der Waals surface area contributed by atoms with Gasteiger partial charge in [0.05, 0.1) is 13.2 Å². The maximum atomic E-state index is 6.44. The second-order valence-corrected chi connectivity index (χ2v) is 7.80. The number of benzene rings is 2. The van der Waals surface area contributed by atoms with Crippen molar-refractivity contribution in [3.05, 3.63) is 76.9 Å². The van der Waals surface area contributed by atoms with E-state index in [1.165, 1.54) is 12.8 Å². The van der Waals surface area contributed by atoms with Crippen LogP contribution in [0.25, 0.3) is 11.6 Å². The van der Waals surface area contributed by atoms with E-state index in [-0.39, 0.29) is 0 Å². The molecule has 6 heteroatoms. The van der Waals surface area contributed by atoms with Gasteiger partial charge in [0.1, 0.15) is 0 Å². The maximum absolute atomic E-state index is 6.44. The van der Waals surface area contributed by atoms with E-state index >= 15 is 0 Å². The summed E-state index contributed by atoms with van der Waals surface area (Å²) in [4.78, 5) is 15.4. The standard InChI is InChI=1S/C23H21ClN4O/c24-21-9-5-4-8-20(21)18-12-17-13-25-23(26-19-6-2-1-3-7-19)27-22(17)28(14-18)29-15-16-10-11-16/h1-9,12-13,16H,10-11,14-15H2,(H,25,26,27). The Labute approximate surface area is 175 Å². The summed E-state index contributed by atoms with van der Waals surface area (Å²) in [6.07, 6.45) is 6.40. The van der Waals surface area contributed by atoms with Crippen LogP contribution in [-0.2, 0) is 4.84 Å². The highest BCUT2D eigenvalue weighted by molar-refractivity contribution is 6.32. The maximum Gasteiger partial charge on any atom is 0.229 e. The molecule has 0 radical (unpaired) electrons. The number of nitrogens with zero attached hydrogens (tertiary/aromatic N) is 3. The second kappa shape index (κ2) is 7.85. The molecule has 0 unspecified atom stereocenters. The molecule has 5 nitrogen and oxygen atoms in total. The average molecular weight is 405 g/mol. The number of para-hydroxylation sites is 1. The normalized spacial score (nSPS) is 15.6. The number of hydroxylamine groups is 1. The van der Waals surface area contributed by atoms with Crippen molar-refractivity contribution >= 4 is 40.7 Å². The zero-order valence-corrected chi connectivity index (χ0v) is 16.6. The first-order chi connectivity index (χ1) is 14.3. The average Bonchev–Trinajstić information content (AvgIpc) is 3.58. The molecule has 1 aliphatic carbocycles. The van der Waals surface area contributed by atoms with Crippen molar-refractivity contribution in [2.45, 2.75) is 12.8 Å². The Morgan fingerprint density at radius 3 is 2.66 bits per heavy atom. The number of anilines is 3. The highest BCUT2D eigenvalue weighted by Gasteiger charge is 2.27. The van der Waals surface area contributed by atoms with Crippen molar-refractivity contribution in [2.24, 2.45) is 5.92 Å². The van der Waals surface area contributed by atoms with Gasteiger partial charge in [0.15, 0.2) is 5.82 Å². The van der Waals surface area contributed by atoms with Crippen LogP contribution in [-0.4, -0.2) is 23.1 Å². The van der Waals surface area contributed by atoms with Gasteiger partial charge in [-0.3, -0.25) is 4.84 Å². The number of hydrogen-bond acceptors (Lipinski definition) is 5. The van der Waals surface area contributed by atoms with E-state index in [4.69, 9.17) is 21.4 Å². The van der Waals surface area contributed by atoms with Gasteiger partial charge in [-0.15, -0.1) is 0 Å². The lowest BCUT2D eigenvalue weighted by atomic mass is 10.0. The fraction of sp³-hybridized carbons (Fsp3) is 0.217. The molecule has 0 amide bonds. The molecule has 3 aromatic rings. The fourth-order valence-corrected chi connectivity index (χ4v) is 3.59. The summed E-state index contributed by atoms with van der Waals surface area (Å²) < 4.78 is 0. The van der Waals surface area contributed by atoms with Gasteiger partial charge in [-0.05, 0) is 54.2 Å². The largest absolute Gasteiger partial charge is 0.324 e. The topological polar surface area (TPSA) is 50.3 Å². The summed E-state index contributed by atoms with van der Waals surface area (Å²) in [6, 6.07) is 17.8. The summed E-state index contributed by atoms with van der Waals surface area (Å²) in [7, 11) is 0. The minimum absolute atomic E-state index is 0.546. The minimum Gasteiger partial charge on any atom is -0.324 e. The zero-order valence-electron chi connectivity index (χ0n) is 15.9. The van der Waals surface area contributed by atoms with E-state index in [0.29, 0.717) is 25.0 Å². The van der Waals surface area contributed by atoms with Gasteiger partial charge in [0, 0.05) is 22.5 Å². The summed E-state index contributed by atoms with van der Waals surface area (Å²) in [5.74, 6) is 1.97. The van der Waals surface area contributed by atoms with Crippen LogP contribution in [0.2, 0.25) is 5.02 Å². The van der Waals surface area contributed by atoms with Gasteiger partial charge in [-0.25, -0.2) is 10.0 Å². The Morgan fingerprint density at radius 2 is 1.86 bits per heavy atom. The molecule has 1 N–H and O–H groups in total. The van der Waals surface area contributed by atoms with Crippen molar-refractivity contribution < 1.29 is 4.84 Å². The molecule has 0 atom stereocenters. The Balaban J connectivity index is 1.48. The van der Waals surface area contributed by atoms with Crippen LogP contribution in [0.15, 0.2) is 60.8 Å². The Hall–Kier alpha value is -2.89. The van der Waals surface area contributed by atoms with E-state index < -0.39 is 0 Å². The van der Waals surface area contributed by atoms with E-state index in [9.17, 15) is 0 Å². The monoisotopic (exact) mass is 404 g/mol. The van der Waals surface area contributed by atoms with Crippen molar-refractivity contribution in [3.63, 3.8) is 0 Å². The number of rotatable bonds is 6. The third-order valence-corrected chi connectivity index (χ3v) is 5.42. The van der Waals surface area contributed by atoms with Gasteiger partial charge in [0.25, 0.3) is 0 Å². The van der Waals surface area contributed by atoms with Crippen LogP contribution in [0.1, 0.15) is 24.0 Å². The number of fused-ring (bicyclic) bond motifs is 1. The van der Waals surface area contributed by atoms with Crippen LogP contribution in [0.4, 0.5) is 17.5 Å². The molecule has 2 aromatic carbocycles. The number of aromatic nitrogens is 2. The van der Waals surface area contributed by atoms with Gasteiger partial charge in [0.2, 0.25) is 5.95 Å². The molecule has 29 heavy (non-hydrogen) atoms. The Bertz CT molecular complexity index is 1050. The molecule has 1 saturated carbocycles. The van der Waals surface area contributed by atoms with Crippen LogP contribution in [0.5, 0.6) is 0 Å². The quantitative estimate of drug-likeness (QED) is 0.581. The molecule has 146 valence electrons. The Morgan fingerprint density at radius 1 is 1.07 bits per heavy atom.